The molecule has 1 spiro atoms. The molecular formula is C34H44FN3O10Si. The lowest BCUT2D eigenvalue weighted by atomic mass is 9.82. The van der Waals surface area contributed by atoms with Gasteiger partial charge < -0.3 is 54.2 Å². The number of nitrogens with zero attached hydrogens (tertiary/aromatic N) is 2. The third-order valence-electron chi connectivity index (χ3n) is 10.6. The van der Waals surface area contributed by atoms with E-state index in [1.165, 1.54) is 0 Å². The minimum atomic E-state index is -3.49. The molecule has 6 rings (SSSR count). The van der Waals surface area contributed by atoms with Crippen LogP contribution in [0.2, 0.25) is 18.6 Å². The lowest BCUT2D eigenvalue weighted by Gasteiger charge is -2.37. The summed E-state index contributed by atoms with van der Waals surface area (Å²) in [5, 5.41) is 51.9. The molecule has 2 aromatic rings. The highest BCUT2D eigenvalue weighted by molar-refractivity contribution is 6.72. The zero-order chi connectivity index (χ0) is 35.4. The van der Waals surface area contributed by atoms with Crippen molar-refractivity contribution in [3.05, 3.63) is 59.7 Å². The second-order valence-corrected chi connectivity index (χ2v) is 17.8. The Hall–Kier alpha value is -3.28. The van der Waals surface area contributed by atoms with Crippen LogP contribution in [-0.2, 0) is 36.0 Å². The van der Waals surface area contributed by atoms with Crippen molar-refractivity contribution in [1.29, 1.82) is 0 Å². The van der Waals surface area contributed by atoms with E-state index in [0.29, 0.717) is 35.5 Å². The molecule has 6 N–H and O–H groups in total. The molecule has 0 aromatic heterocycles. The lowest BCUT2D eigenvalue weighted by Crippen LogP contribution is -2.60. The standard InChI is InChI=1S/C34H44FN3O10Si/c1-18-30(49(2,3)35)24(15-25(40)37-14-6-7-21(37)17-39)48-34(18)22-8-4-5-9-23(22)38(33(34)46)16-19-10-12-20(13-11-19)36-31(44)29-27(42)26(41)28(43)32(45)47-29/h4-5,8-13,18,21,24,26-30,32,39,41-43,45H,6-7,14-17H2,1-3H3,(H,36,44)/t18-,21+,24+,26+,27+,28-,29+,30-,32-,34+/m1/s1. The summed E-state index contributed by atoms with van der Waals surface area (Å²) >= 11 is 0. The molecule has 266 valence electrons. The Morgan fingerprint density at radius 3 is 2.41 bits per heavy atom. The van der Waals surface area contributed by atoms with E-state index in [0.717, 1.165) is 6.42 Å². The maximum Gasteiger partial charge on any atom is 0.264 e. The van der Waals surface area contributed by atoms with Gasteiger partial charge in [0, 0.05) is 29.3 Å². The molecule has 0 saturated carbocycles. The number of carbonyl (C=O) groups is 3. The molecule has 13 nitrogen and oxygen atoms in total. The van der Waals surface area contributed by atoms with Gasteiger partial charge in [0.1, 0.15) is 18.3 Å². The molecule has 3 saturated heterocycles. The summed E-state index contributed by atoms with van der Waals surface area (Å²) in [5.41, 5.74) is 0.0846. The van der Waals surface area contributed by atoms with E-state index in [4.69, 9.17) is 9.47 Å². The number of anilines is 2. The Balaban J connectivity index is 1.22. The highest BCUT2D eigenvalue weighted by Crippen LogP contribution is 2.60. The molecule has 3 amide bonds. The highest BCUT2D eigenvalue weighted by Gasteiger charge is 2.67. The fourth-order valence-electron chi connectivity index (χ4n) is 8.17. The van der Waals surface area contributed by atoms with Crippen molar-refractivity contribution in [2.45, 2.75) is 99.8 Å². The molecule has 2 aromatic carbocycles. The van der Waals surface area contributed by atoms with Gasteiger partial charge in [-0.3, -0.25) is 14.4 Å². The summed E-state index contributed by atoms with van der Waals surface area (Å²) in [4.78, 5) is 44.1. The summed E-state index contributed by atoms with van der Waals surface area (Å²) in [6, 6.07) is 13.5. The zero-order valence-electron chi connectivity index (χ0n) is 27.6. The summed E-state index contributed by atoms with van der Waals surface area (Å²) in [7, 11) is -3.49. The summed E-state index contributed by atoms with van der Waals surface area (Å²) in [6.07, 6.45) is -8.26. The van der Waals surface area contributed by atoms with E-state index in [1.807, 2.05) is 19.1 Å². The van der Waals surface area contributed by atoms with Crippen molar-refractivity contribution in [1.82, 2.24) is 4.90 Å². The summed E-state index contributed by atoms with van der Waals surface area (Å²) in [6.45, 7) is 5.49. The quantitative estimate of drug-likeness (QED) is 0.172. The minimum absolute atomic E-state index is 0.0857. The van der Waals surface area contributed by atoms with Crippen LogP contribution in [0, 0.1) is 5.92 Å². The van der Waals surface area contributed by atoms with Crippen molar-refractivity contribution in [2.75, 3.05) is 23.4 Å². The molecule has 4 aliphatic rings. The predicted octanol–water partition coefficient (Wildman–Crippen LogP) is 1.12. The number of rotatable bonds is 8. The number of ether oxygens (including phenoxy) is 2. The minimum Gasteiger partial charge on any atom is -0.394 e. The fraction of sp³-hybridized carbons (Fsp3) is 0.559. The van der Waals surface area contributed by atoms with Crippen molar-refractivity contribution in [3.8, 4) is 0 Å². The second kappa shape index (κ2) is 13.4. The monoisotopic (exact) mass is 701 g/mol. The van der Waals surface area contributed by atoms with Crippen LogP contribution in [-0.4, -0.2) is 113 Å². The first kappa shape index (κ1) is 35.5. The molecule has 10 atom stereocenters. The number of carbonyl (C=O) groups excluding carboxylic acids is 3. The molecule has 0 radical (unpaired) electrons. The lowest BCUT2D eigenvalue weighted by molar-refractivity contribution is -0.274. The second-order valence-electron chi connectivity index (χ2n) is 14.1. The van der Waals surface area contributed by atoms with Gasteiger partial charge in [-0.25, -0.2) is 0 Å². The van der Waals surface area contributed by atoms with Crippen LogP contribution >= 0.6 is 0 Å². The SMILES string of the molecule is C[C@@H]1[C@@H]([Si](C)(C)F)[C@H](CC(=O)N2CCC[C@H]2CO)O[C@@]12C(=O)N(Cc1ccc(NC(=O)[C@H]3O[C@@H](O)[C@H](O)[C@@H](O)[C@@H]3O)cc1)c1ccccc12. The van der Waals surface area contributed by atoms with Crippen LogP contribution in [0.5, 0.6) is 0 Å². The Morgan fingerprint density at radius 2 is 1.73 bits per heavy atom. The van der Waals surface area contributed by atoms with Crippen molar-refractivity contribution < 1.29 is 53.5 Å². The van der Waals surface area contributed by atoms with E-state index >= 15 is 4.11 Å². The first-order valence-corrected chi connectivity index (χ1v) is 19.6. The molecule has 0 unspecified atom stereocenters. The zero-order valence-corrected chi connectivity index (χ0v) is 28.6. The van der Waals surface area contributed by atoms with Gasteiger partial charge in [0.15, 0.2) is 18.0 Å². The first-order valence-electron chi connectivity index (χ1n) is 16.6. The van der Waals surface area contributed by atoms with Crippen molar-refractivity contribution in [3.63, 3.8) is 0 Å². The fourth-order valence-corrected chi connectivity index (χ4v) is 10.7. The van der Waals surface area contributed by atoms with E-state index in [2.05, 4.69) is 5.32 Å². The van der Waals surface area contributed by atoms with Crippen molar-refractivity contribution in [2.24, 2.45) is 5.92 Å². The van der Waals surface area contributed by atoms with Crippen LogP contribution < -0.4 is 10.2 Å². The van der Waals surface area contributed by atoms with Gasteiger partial charge in [-0.15, -0.1) is 0 Å². The average Bonchev–Trinajstić information content (AvgIpc) is 3.73. The number of fused-ring (bicyclic) bond motifs is 2. The van der Waals surface area contributed by atoms with Gasteiger partial charge in [0.05, 0.1) is 37.4 Å². The number of benzene rings is 2. The first-order chi connectivity index (χ1) is 23.2. The summed E-state index contributed by atoms with van der Waals surface area (Å²) < 4.78 is 27.8. The topological polar surface area (TPSA) is 189 Å². The van der Waals surface area contributed by atoms with Crippen molar-refractivity contribution >= 4 is 37.5 Å². The van der Waals surface area contributed by atoms with Crippen LogP contribution in [0.1, 0.15) is 37.3 Å². The maximum atomic E-state index is 16.2. The normalized spacial score (nSPS) is 34.5. The predicted molar refractivity (Wildman–Crippen MR) is 176 cm³/mol. The van der Waals surface area contributed by atoms with E-state index in [1.54, 1.807) is 59.3 Å². The number of hydrogen-bond acceptors (Lipinski definition) is 10. The Bertz CT molecular complexity index is 1580. The van der Waals surface area contributed by atoms with Crippen LogP contribution in [0.15, 0.2) is 48.5 Å². The third kappa shape index (κ3) is 6.20. The summed E-state index contributed by atoms with van der Waals surface area (Å²) in [5.74, 6) is -1.99. The van der Waals surface area contributed by atoms with E-state index in [9.17, 15) is 39.9 Å². The third-order valence-corrected chi connectivity index (χ3v) is 13.0. The van der Waals surface area contributed by atoms with E-state index < -0.39 is 68.2 Å². The van der Waals surface area contributed by atoms with Crippen LogP contribution in [0.4, 0.5) is 15.5 Å². The molecule has 0 aliphatic carbocycles. The number of hydrogen-bond donors (Lipinski definition) is 6. The molecular weight excluding hydrogens is 657 g/mol. The number of para-hydroxylation sites is 1. The Kier molecular flexibility index (Phi) is 9.75. The molecule has 0 bridgehead atoms. The average molecular weight is 702 g/mol. The number of likely N-dealkylation sites (tertiary alicyclic amines) is 1. The van der Waals surface area contributed by atoms with Gasteiger partial charge in [-0.2, -0.15) is 0 Å². The number of nitrogens with one attached hydrogen (secondary N) is 1. The smallest absolute Gasteiger partial charge is 0.264 e. The molecule has 3 fully saturated rings. The molecule has 4 aliphatic heterocycles. The Morgan fingerprint density at radius 1 is 1.04 bits per heavy atom. The molecule has 15 heteroatoms. The number of halogens is 1. The van der Waals surface area contributed by atoms with Gasteiger partial charge >= 0.3 is 0 Å². The van der Waals surface area contributed by atoms with Gasteiger partial charge in [-0.05, 0) is 49.7 Å². The molecule has 49 heavy (non-hydrogen) atoms. The van der Waals surface area contributed by atoms with Crippen LogP contribution in [0.3, 0.4) is 0 Å². The number of aliphatic hydroxyl groups is 5. The van der Waals surface area contributed by atoms with Crippen LogP contribution in [0.25, 0.3) is 0 Å². The highest BCUT2D eigenvalue weighted by atomic mass is 28.4. The Labute approximate surface area is 284 Å². The van der Waals surface area contributed by atoms with Gasteiger partial charge in [0.2, 0.25) is 14.3 Å². The van der Waals surface area contributed by atoms with E-state index in [-0.39, 0.29) is 37.4 Å². The maximum absolute atomic E-state index is 16.2. The van der Waals surface area contributed by atoms with Gasteiger partial charge in [0.25, 0.3) is 11.8 Å². The number of amides is 3. The molecule has 4 heterocycles. The van der Waals surface area contributed by atoms with Gasteiger partial charge in [-0.1, -0.05) is 37.3 Å². The largest absolute Gasteiger partial charge is 0.394 e. The number of aliphatic hydroxyl groups excluding tert-OH is 5.